The topological polar surface area (TPSA) is 93.1 Å². The van der Waals surface area contributed by atoms with Gasteiger partial charge < -0.3 is 15.0 Å². The summed E-state index contributed by atoms with van der Waals surface area (Å²) in [5, 5.41) is 2.57. The third-order valence-corrected chi connectivity index (χ3v) is 4.19. The van der Waals surface area contributed by atoms with Gasteiger partial charge in [-0.25, -0.2) is 0 Å². The van der Waals surface area contributed by atoms with Gasteiger partial charge in [-0.3, -0.25) is 9.78 Å². The first kappa shape index (κ1) is 19.8. The average molecular weight is 396 g/mol. The molecule has 0 unspecified atom stereocenters. The molecule has 2 aromatic rings. The van der Waals surface area contributed by atoms with Crippen LogP contribution in [0.1, 0.15) is 41.1 Å². The van der Waals surface area contributed by atoms with Crippen molar-refractivity contribution in [1.29, 1.82) is 0 Å². The number of anilines is 1. The molecular formula is C17H19F3N6O2. The summed E-state index contributed by atoms with van der Waals surface area (Å²) in [5.74, 6) is 0.188. The number of pyridine rings is 1. The number of piperidine rings is 1. The Kier molecular flexibility index (Phi) is 5.90. The minimum Gasteiger partial charge on any atom is -0.467 e. The number of alkyl halides is 3. The lowest BCUT2D eigenvalue weighted by molar-refractivity contribution is -0.141. The number of amides is 1. The first-order valence-corrected chi connectivity index (χ1v) is 8.72. The number of hydrogen-bond acceptors (Lipinski definition) is 7. The van der Waals surface area contributed by atoms with E-state index < -0.39 is 17.8 Å². The number of halogens is 3. The molecular weight excluding hydrogens is 377 g/mol. The number of carbonyl (C=O) groups excluding carboxylic acids is 1. The van der Waals surface area contributed by atoms with Crippen molar-refractivity contribution in [2.24, 2.45) is 0 Å². The van der Waals surface area contributed by atoms with E-state index in [9.17, 15) is 18.0 Å². The van der Waals surface area contributed by atoms with Gasteiger partial charge in [0.1, 0.15) is 5.69 Å². The van der Waals surface area contributed by atoms with Gasteiger partial charge in [-0.1, -0.05) is 0 Å². The number of nitrogens with one attached hydrogen (secondary N) is 1. The lowest BCUT2D eigenvalue weighted by Crippen LogP contribution is -2.32. The van der Waals surface area contributed by atoms with E-state index in [0.717, 1.165) is 50.7 Å². The normalized spacial score (nSPS) is 14.6. The monoisotopic (exact) mass is 396 g/mol. The highest BCUT2D eigenvalue weighted by Gasteiger charge is 2.32. The van der Waals surface area contributed by atoms with E-state index in [0.29, 0.717) is 11.8 Å². The van der Waals surface area contributed by atoms with Crippen LogP contribution in [0.15, 0.2) is 18.3 Å². The van der Waals surface area contributed by atoms with Gasteiger partial charge >= 0.3 is 12.2 Å². The molecule has 1 aliphatic heterocycles. The lowest BCUT2D eigenvalue weighted by atomic mass is 10.1. The predicted octanol–water partition coefficient (Wildman–Crippen LogP) is 2.21. The number of rotatable bonds is 5. The molecule has 1 amide bonds. The van der Waals surface area contributed by atoms with Crippen molar-refractivity contribution >= 4 is 11.9 Å². The first-order valence-electron chi connectivity index (χ1n) is 8.72. The van der Waals surface area contributed by atoms with E-state index in [4.69, 9.17) is 4.74 Å². The van der Waals surface area contributed by atoms with Crippen molar-refractivity contribution in [2.45, 2.75) is 32.0 Å². The molecule has 3 rings (SSSR count). The Morgan fingerprint density at radius 3 is 2.54 bits per heavy atom. The summed E-state index contributed by atoms with van der Waals surface area (Å²) in [7, 11) is 1.44. The molecule has 0 aliphatic carbocycles. The highest BCUT2D eigenvalue weighted by molar-refractivity contribution is 5.93. The summed E-state index contributed by atoms with van der Waals surface area (Å²) in [6.07, 6.45) is -0.433. The lowest BCUT2D eigenvalue weighted by Gasteiger charge is -2.26. The molecule has 0 radical (unpaired) electrons. The van der Waals surface area contributed by atoms with Gasteiger partial charge in [-0.15, -0.1) is 0 Å². The van der Waals surface area contributed by atoms with Crippen molar-refractivity contribution in [3.8, 4) is 6.01 Å². The number of methoxy groups -OCH3 is 1. The highest BCUT2D eigenvalue weighted by atomic mass is 19.4. The molecule has 1 fully saturated rings. The zero-order chi connectivity index (χ0) is 20.1. The fraction of sp³-hybridized carbons (Fsp3) is 0.471. The molecule has 1 N–H and O–H groups in total. The molecule has 0 saturated carbocycles. The quantitative estimate of drug-likeness (QED) is 0.828. The minimum absolute atomic E-state index is 0.00488. The van der Waals surface area contributed by atoms with Crippen LogP contribution in [0.2, 0.25) is 0 Å². The zero-order valence-corrected chi connectivity index (χ0v) is 15.2. The smallest absolute Gasteiger partial charge is 0.433 e. The van der Waals surface area contributed by atoms with Crippen molar-refractivity contribution < 1.29 is 22.7 Å². The third kappa shape index (κ3) is 4.84. The van der Waals surface area contributed by atoms with Crippen LogP contribution < -0.4 is 15.0 Å². The van der Waals surface area contributed by atoms with Crippen molar-refractivity contribution in [2.75, 3.05) is 25.1 Å². The van der Waals surface area contributed by atoms with Gasteiger partial charge in [0.05, 0.1) is 19.2 Å². The van der Waals surface area contributed by atoms with Crippen LogP contribution >= 0.6 is 0 Å². The number of nitrogens with zero attached hydrogens (tertiary/aromatic N) is 5. The molecule has 28 heavy (non-hydrogen) atoms. The SMILES string of the molecule is COc1nc(CNC(=O)c2ccc(C(F)(F)F)nc2)nc(N2CCCCC2)n1. The van der Waals surface area contributed by atoms with Gasteiger partial charge in [0.15, 0.2) is 5.82 Å². The minimum atomic E-state index is -4.55. The Morgan fingerprint density at radius 1 is 1.18 bits per heavy atom. The second-order valence-electron chi connectivity index (χ2n) is 6.20. The number of carbonyl (C=O) groups is 1. The molecule has 2 aromatic heterocycles. The van der Waals surface area contributed by atoms with Crippen LogP contribution in [0.25, 0.3) is 0 Å². The van der Waals surface area contributed by atoms with E-state index in [1.54, 1.807) is 0 Å². The molecule has 3 heterocycles. The Bertz CT molecular complexity index is 823. The Hall–Kier alpha value is -2.98. The second kappa shape index (κ2) is 8.36. The molecule has 0 spiro atoms. The van der Waals surface area contributed by atoms with Gasteiger partial charge in [0.25, 0.3) is 5.91 Å². The standard InChI is InChI=1S/C17H19F3N6O2/c1-28-16-24-13(23-15(25-16)26-7-3-2-4-8-26)10-22-14(27)11-5-6-12(21-9-11)17(18,19)20/h5-6,9H,2-4,7-8,10H2,1H3,(H,22,27). The maximum absolute atomic E-state index is 12.6. The van der Waals surface area contributed by atoms with Gasteiger partial charge in [-0.2, -0.15) is 28.1 Å². The highest BCUT2D eigenvalue weighted by Crippen LogP contribution is 2.27. The van der Waals surface area contributed by atoms with E-state index >= 15 is 0 Å². The van der Waals surface area contributed by atoms with Crippen LogP contribution in [0, 0.1) is 0 Å². The fourth-order valence-electron chi connectivity index (χ4n) is 2.75. The van der Waals surface area contributed by atoms with Crippen molar-refractivity contribution in [3.05, 3.63) is 35.4 Å². The van der Waals surface area contributed by atoms with E-state index in [1.165, 1.54) is 7.11 Å². The molecule has 150 valence electrons. The Labute approximate surface area is 159 Å². The van der Waals surface area contributed by atoms with Crippen LogP contribution in [-0.4, -0.2) is 46.0 Å². The maximum atomic E-state index is 12.6. The fourth-order valence-corrected chi connectivity index (χ4v) is 2.75. The third-order valence-electron chi connectivity index (χ3n) is 4.19. The molecule has 1 aliphatic rings. The molecule has 0 aromatic carbocycles. The van der Waals surface area contributed by atoms with Gasteiger partial charge in [-0.05, 0) is 31.4 Å². The largest absolute Gasteiger partial charge is 0.467 e. The molecule has 0 atom stereocenters. The van der Waals surface area contributed by atoms with Crippen molar-refractivity contribution in [1.82, 2.24) is 25.3 Å². The predicted molar refractivity (Wildman–Crippen MR) is 92.9 cm³/mol. The van der Waals surface area contributed by atoms with E-state index in [-0.39, 0.29) is 18.1 Å². The first-order chi connectivity index (χ1) is 13.4. The number of ether oxygens (including phenoxy) is 1. The summed E-state index contributed by atoms with van der Waals surface area (Å²) >= 11 is 0. The van der Waals surface area contributed by atoms with Crippen LogP contribution in [-0.2, 0) is 12.7 Å². The average Bonchev–Trinajstić information content (AvgIpc) is 2.72. The number of aromatic nitrogens is 4. The Balaban J connectivity index is 1.68. The molecule has 8 nitrogen and oxygen atoms in total. The molecule has 1 saturated heterocycles. The summed E-state index contributed by atoms with van der Waals surface area (Å²) in [4.78, 5) is 30.2. The van der Waals surface area contributed by atoms with Crippen LogP contribution in [0.5, 0.6) is 6.01 Å². The summed E-state index contributed by atoms with van der Waals surface area (Å²) in [5.41, 5.74) is -1.05. The molecule has 0 bridgehead atoms. The summed E-state index contributed by atoms with van der Waals surface area (Å²) < 4.78 is 42.8. The maximum Gasteiger partial charge on any atom is 0.433 e. The second-order valence-corrected chi connectivity index (χ2v) is 6.20. The Morgan fingerprint density at radius 2 is 1.93 bits per heavy atom. The summed E-state index contributed by atoms with van der Waals surface area (Å²) in [6, 6.07) is 1.96. The zero-order valence-electron chi connectivity index (χ0n) is 15.2. The van der Waals surface area contributed by atoms with Crippen LogP contribution in [0.3, 0.4) is 0 Å². The van der Waals surface area contributed by atoms with Gasteiger partial charge in [0, 0.05) is 19.3 Å². The van der Waals surface area contributed by atoms with Gasteiger partial charge in [0.2, 0.25) is 5.95 Å². The van der Waals surface area contributed by atoms with E-state index in [2.05, 4.69) is 25.3 Å². The van der Waals surface area contributed by atoms with Crippen LogP contribution in [0.4, 0.5) is 19.1 Å². The molecule has 11 heteroatoms. The van der Waals surface area contributed by atoms with Crippen molar-refractivity contribution in [3.63, 3.8) is 0 Å². The number of hydrogen-bond donors (Lipinski definition) is 1. The van der Waals surface area contributed by atoms with E-state index in [1.807, 2.05) is 4.90 Å². The summed E-state index contributed by atoms with van der Waals surface area (Å²) in [6.45, 7) is 1.63.